The Morgan fingerprint density at radius 3 is 2.81 bits per heavy atom. The van der Waals surface area contributed by atoms with E-state index in [4.69, 9.17) is 9.47 Å². The maximum Gasteiger partial charge on any atom is 0.243 e. The lowest BCUT2D eigenvalue weighted by atomic mass is 10.2. The fraction of sp³-hybridized carbons (Fsp3) is 0.238. The third kappa shape index (κ3) is 4.93. The molecule has 0 atom stereocenters. The standard InChI is InChI=1S/C21H22N4O4S2/c1-28-20-8-3-2-5-17(20)14-22-24-21-23-19(15-30-21)16-6-4-7-18(13-16)31(26,27)25-9-11-29-12-10-25/h2-8,13-15H,9-12H2,1H3,(H,23,24)/b22-14+. The highest BCUT2D eigenvalue weighted by atomic mass is 32.2. The van der Waals surface area contributed by atoms with Crippen LogP contribution in [-0.4, -0.2) is 57.3 Å². The molecule has 0 unspecified atom stereocenters. The van der Waals surface area contributed by atoms with Gasteiger partial charge in [-0.15, -0.1) is 11.3 Å². The minimum absolute atomic E-state index is 0.253. The number of nitrogens with zero attached hydrogens (tertiary/aromatic N) is 3. The van der Waals surface area contributed by atoms with Gasteiger partial charge in [-0.2, -0.15) is 9.41 Å². The first kappa shape index (κ1) is 21.4. The van der Waals surface area contributed by atoms with Crippen LogP contribution in [0.5, 0.6) is 5.75 Å². The van der Waals surface area contributed by atoms with Crippen LogP contribution < -0.4 is 10.2 Å². The molecule has 4 rings (SSSR count). The van der Waals surface area contributed by atoms with Gasteiger partial charge in [0, 0.05) is 29.6 Å². The topological polar surface area (TPSA) is 93.1 Å². The quantitative estimate of drug-likeness (QED) is 0.431. The van der Waals surface area contributed by atoms with Gasteiger partial charge in [0.2, 0.25) is 15.2 Å². The van der Waals surface area contributed by atoms with Crippen LogP contribution in [0.1, 0.15) is 5.56 Å². The van der Waals surface area contributed by atoms with Gasteiger partial charge >= 0.3 is 0 Å². The zero-order valence-corrected chi connectivity index (χ0v) is 18.5. The summed E-state index contributed by atoms with van der Waals surface area (Å²) in [7, 11) is -1.95. The number of thiazole rings is 1. The SMILES string of the molecule is COc1ccccc1/C=N/Nc1nc(-c2cccc(S(=O)(=O)N3CCOCC3)c2)cs1. The molecule has 3 aromatic rings. The summed E-state index contributed by atoms with van der Waals surface area (Å²) in [5, 5.41) is 6.69. The van der Waals surface area contributed by atoms with E-state index in [1.54, 1.807) is 31.5 Å². The number of aromatic nitrogens is 1. The van der Waals surface area contributed by atoms with Crippen molar-refractivity contribution in [2.75, 3.05) is 38.8 Å². The van der Waals surface area contributed by atoms with Crippen molar-refractivity contribution in [3.8, 4) is 17.0 Å². The number of hydrazone groups is 1. The molecule has 0 saturated carbocycles. The van der Waals surface area contributed by atoms with Crippen LogP contribution in [-0.2, 0) is 14.8 Å². The van der Waals surface area contributed by atoms with Crippen molar-refractivity contribution in [3.63, 3.8) is 0 Å². The largest absolute Gasteiger partial charge is 0.496 e. The summed E-state index contributed by atoms with van der Waals surface area (Å²) in [5.74, 6) is 0.728. The second kappa shape index (κ2) is 9.56. The van der Waals surface area contributed by atoms with E-state index in [9.17, 15) is 8.42 Å². The highest BCUT2D eigenvalue weighted by molar-refractivity contribution is 7.89. The Hall–Kier alpha value is -2.79. The summed E-state index contributed by atoms with van der Waals surface area (Å²) in [5.41, 5.74) is 5.16. The minimum Gasteiger partial charge on any atom is -0.496 e. The predicted molar refractivity (Wildman–Crippen MR) is 121 cm³/mol. The molecule has 2 aromatic carbocycles. The Labute approximate surface area is 185 Å². The zero-order valence-electron chi connectivity index (χ0n) is 16.9. The van der Waals surface area contributed by atoms with Gasteiger partial charge in [-0.25, -0.2) is 13.4 Å². The first-order valence-corrected chi connectivity index (χ1v) is 12.0. The number of benzene rings is 2. The van der Waals surface area contributed by atoms with Gasteiger partial charge in [-0.05, 0) is 24.3 Å². The van der Waals surface area contributed by atoms with E-state index in [-0.39, 0.29) is 4.90 Å². The van der Waals surface area contributed by atoms with Crippen LogP contribution in [0.15, 0.2) is 63.9 Å². The Bertz CT molecular complexity index is 1170. The van der Waals surface area contributed by atoms with E-state index >= 15 is 0 Å². The summed E-state index contributed by atoms with van der Waals surface area (Å²) < 4.78 is 37.8. The summed E-state index contributed by atoms with van der Waals surface area (Å²) in [4.78, 5) is 4.78. The van der Waals surface area contributed by atoms with Crippen LogP contribution in [0.3, 0.4) is 0 Å². The number of morpholine rings is 1. The number of hydrogen-bond acceptors (Lipinski definition) is 8. The van der Waals surface area contributed by atoms with Crippen LogP contribution in [0.4, 0.5) is 5.13 Å². The van der Waals surface area contributed by atoms with Gasteiger partial charge in [0.15, 0.2) is 0 Å². The first-order valence-electron chi connectivity index (χ1n) is 9.64. The third-order valence-electron chi connectivity index (χ3n) is 4.74. The maximum absolute atomic E-state index is 12.9. The van der Waals surface area contributed by atoms with Gasteiger partial charge in [-0.1, -0.05) is 24.3 Å². The molecule has 1 aliphatic rings. The summed E-state index contributed by atoms with van der Waals surface area (Å²) in [6.45, 7) is 1.55. The average Bonchev–Trinajstić information content (AvgIpc) is 3.29. The van der Waals surface area contributed by atoms with E-state index in [2.05, 4.69) is 15.5 Å². The summed E-state index contributed by atoms with van der Waals surface area (Å²) in [6.07, 6.45) is 1.66. The number of ether oxygens (including phenoxy) is 2. The average molecular weight is 459 g/mol. The van der Waals surface area contributed by atoms with E-state index < -0.39 is 10.0 Å². The lowest BCUT2D eigenvalue weighted by Crippen LogP contribution is -2.40. The Balaban J connectivity index is 1.49. The van der Waals surface area contributed by atoms with Crippen molar-refractivity contribution in [1.29, 1.82) is 0 Å². The third-order valence-corrected chi connectivity index (χ3v) is 7.39. The second-order valence-electron chi connectivity index (χ2n) is 6.69. The molecule has 0 spiro atoms. The molecule has 0 aliphatic carbocycles. The molecule has 8 nitrogen and oxygen atoms in total. The number of para-hydroxylation sites is 1. The van der Waals surface area contributed by atoms with Crippen LogP contribution in [0, 0.1) is 0 Å². The molecule has 1 aliphatic heterocycles. The summed E-state index contributed by atoms with van der Waals surface area (Å²) in [6, 6.07) is 14.4. The van der Waals surface area contributed by atoms with Gasteiger partial charge < -0.3 is 9.47 Å². The van der Waals surface area contributed by atoms with Crippen LogP contribution >= 0.6 is 11.3 Å². The Kier molecular flexibility index (Phi) is 6.62. The summed E-state index contributed by atoms with van der Waals surface area (Å²) >= 11 is 1.39. The highest BCUT2D eigenvalue weighted by Crippen LogP contribution is 2.28. The van der Waals surface area contributed by atoms with Crippen LogP contribution in [0.25, 0.3) is 11.3 Å². The number of methoxy groups -OCH3 is 1. The molecule has 1 N–H and O–H groups in total. The van der Waals surface area contributed by atoms with Gasteiger partial charge in [0.1, 0.15) is 5.75 Å². The molecule has 162 valence electrons. The minimum atomic E-state index is -3.56. The van der Waals surface area contributed by atoms with Gasteiger partial charge in [0.05, 0.1) is 37.1 Å². The first-order chi connectivity index (χ1) is 15.1. The molecule has 2 heterocycles. The molecular weight excluding hydrogens is 436 g/mol. The number of hydrogen-bond donors (Lipinski definition) is 1. The predicted octanol–water partition coefficient (Wildman–Crippen LogP) is 3.29. The van der Waals surface area contributed by atoms with Crippen molar-refractivity contribution in [1.82, 2.24) is 9.29 Å². The molecule has 0 radical (unpaired) electrons. The smallest absolute Gasteiger partial charge is 0.243 e. The Morgan fingerprint density at radius 2 is 2.00 bits per heavy atom. The van der Waals surface area contributed by atoms with E-state index in [0.29, 0.717) is 37.1 Å². The number of anilines is 1. The number of nitrogens with one attached hydrogen (secondary N) is 1. The molecule has 1 fully saturated rings. The maximum atomic E-state index is 12.9. The zero-order chi connectivity index (χ0) is 21.7. The van der Waals surface area contributed by atoms with Gasteiger partial charge in [0.25, 0.3) is 0 Å². The van der Waals surface area contributed by atoms with E-state index in [0.717, 1.165) is 16.9 Å². The molecular formula is C21H22N4O4S2. The molecule has 10 heteroatoms. The van der Waals surface area contributed by atoms with Crippen molar-refractivity contribution in [2.24, 2.45) is 5.10 Å². The van der Waals surface area contributed by atoms with Crippen LogP contribution in [0.2, 0.25) is 0 Å². The fourth-order valence-electron chi connectivity index (χ4n) is 3.14. The van der Waals surface area contributed by atoms with Crippen molar-refractivity contribution >= 4 is 32.7 Å². The lowest BCUT2D eigenvalue weighted by Gasteiger charge is -2.26. The fourth-order valence-corrected chi connectivity index (χ4v) is 5.26. The van der Waals surface area contributed by atoms with E-state index in [1.807, 2.05) is 35.7 Å². The molecule has 31 heavy (non-hydrogen) atoms. The number of rotatable bonds is 7. The van der Waals surface area contributed by atoms with E-state index in [1.165, 1.54) is 15.6 Å². The molecule has 0 bridgehead atoms. The lowest BCUT2D eigenvalue weighted by molar-refractivity contribution is 0.0730. The Morgan fingerprint density at radius 1 is 1.19 bits per heavy atom. The number of sulfonamides is 1. The highest BCUT2D eigenvalue weighted by Gasteiger charge is 2.26. The van der Waals surface area contributed by atoms with Crippen molar-refractivity contribution in [3.05, 3.63) is 59.5 Å². The monoisotopic (exact) mass is 458 g/mol. The second-order valence-corrected chi connectivity index (χ2v) is 9.49. The van der Waals surface area contributed by atoms with Gasteiger partial charge in [-0.3, -0.25) is 5.43 Å². The van der Waals surface area contributed by atoms with Crippen molar-refractivity contribution in [2.45, 2.75) is 4.90 Å². The molecule has 0 amide bonds. The molecule has 1 aromatic heterocycles. The normalized spacial score (nSPS) is 15.3. The van der Waals surface area contributed by atoms with Crippen molar-refractivity contribution < 1.29 is 17.9 Å². The molecule has 1 saturated heterocycles.